The van der Waals surface area contributed by atoms with Crippen molar-refractivity contribution in [1.29, 1.82) is 0 Å². The normalized spacial score (nSPS) is 22.8. The quantitative estimate of drug-likeness (QED) is 0.255. The fourth-order valence-corrected chi connectivity index (χ4v) is 9.78. The summed E-state index contributed by atoms with van der Waals surface area (Å²) in [6.45, 7) is 6.61. The van der Waals surface area contributed by atoms with Gasteiger partial charge in [0.2, 0.25) is 0 Å². The summed E-state index contributed by atoms with van der Waals surface area (Å²) in [5, 5.41) is 17.6. The Morgan fingerprint density at radius 1 is 1.09 bits per heavy atom. The summed E-state index contributed by atoms with van der Waals surface area (Å²) < 4.78 is 15.5. The van der Waals surface area contributed by atoms with Crippen LogP contribution in [0.4, 0.5) is 5.69 Å². The molecule has 0 radical (unpaired) electrons. The first-order valence-electron chi connectivity index (χ1n) is 15.2. The van der Waals surface area contributed by atoms with E-state index in [2.05, 4.69) is 10.3 Å². The number of aliphatic hydroxyl groups excluding tert-OH is 1. The average molecular weight is 630 g/mol. The number of hydrogen-bond donors (Lipinski definition) is 2. The van der Waals surface area contributed by atoms with Gasteiger partial charge in [0.1, 0.15) is 0 Å². The van der Waals surface area contributed by atoms with Crippen LogP contribution in [0.25, 0.3) is 5.69 Å². The van der Waals surface area contributed by atoms with E-state index >= 15 is 0 Å². The van der Waals surface area contributed by atoms with Gasteiger partial charge in [-0.05, 0) is 55.4 Å². The molecule has 1 spiro atoms. The number of hydrogen-bond acceptors (Lipinski definition) is 8. The summed E-state index contributed by atoms with van der Waals surface area (Å²) >= 11 is 0. The van der Waals surface area contributed by atoms with Crippen molar-refractivity contribution in [3.8, 4) is 11.4 Å². The van der Waals surface area contributed by atoms with E-state index in [0.29, 0.717) is 42.9 Å². The standard InChI is InChI=1S/C33H39N5O6Si/c1-22-30(45(3,4)42)28(14-17-36-21-24(15-18-39)34-35-36)44-33(22)26-19-25(37-16-8-11-29(43-2)31(37)40)12-13-27(26)38(32(33)41)20-23-9-6-5-7-10-23/h5-13,16,19,21-22,28,30,39,42H,14-15,17-18,20H2,1-4H3/t22-,28+,30-,33+/m0/s1. The van der Waals surface area contributed by atoms with Crippen LogP contribution in [-0.2, 0) is 34.6 Å². The van der Waals surface area contributed by atoms with Gasteiger partial charge >= 0.3 is 0 Å². The number of methoxy groups -OCH3 is 1. The first kappa shape index (κ1) is 30.9. The molecular weight excluding hydrogens is 590 g/mol. The molecule has 12 heteroatoms. The molecule has 4 atom stereocenters. The molecule has 0 aliphatic carbocycles. The van der Waals surface area contributed by atoms with Crippen LogP contribution in [0.15, 0.2) is 77.9 Å². The third-order valence-electron chi connectivity index (χ3n) is 9.16. The average Bonchev–Trinajstić information content (AvgIpc) is 3.66. The number of benzene rings is 2. The van der Waals surface area contributed by atoms with Crippen LogP contribution < -0.4 is 15.2 Å². The summed E-state index contributed by atoms with van der Waals surface area (Å²) in [5.41, 5.74) is 1.71. The van der Waals surface area contributed by atoms with Crippen molar-refractivity contribution in [2.24, 2.45) is 5.92 Å². The van der Waals surface area contributed by atoms with E-state index < -0.39 is 20.0 Å². The third kappa shape index (κ3) is 5.41. The number of ether oxygens (including phenoxy) is 2. The Labute approximate surface area is 262 Å². The lowest BCUT2D eigenvalue weighted by atomic mass is 9.82. The Bertz CT molecular complexity index is 1750. The predicted molar refractivity (Wildman–Crippen MR) is 171 cm³/mol. The van der Waals surface area contributed by atoms with E-state index in [4.69, 9.17) is 9.47 Å². The van der Waals surface area contributed by atoms with E-state index in [-0.39, 0.29) is 35.3 Å². The molecule has 1 saturated heterocycles. The molecule has 2 aromatic heterocycles. The number of fused-ring (bicyclic) bond motifs is 2. The van der Waals surface area contributed by atoms with Crippen molar-refractivity contribution in [1.82, 2.24) is 19.6 Å². The molecule has 11 nitrogen and oxygen atoms in total. The van der Waals surface area contributed by atoms with Gasteiger partial charge in [0.25, 0.3) is 11.5 Å². The zero-order valence-corrected chi connectivity index (χ0v) is 27.0. The number of anilines is 1. The van der Waals surface area contributed by atoms with Gasteiger partial charge in [-0.15, -0.1) is 5.10 Å². The van der Waals surface area contributed by atoms with Crippen molar-refractivity contribution < 1.29 is 24.2 Å². The molecule has 1 fully saturated rings. The SMILES string of the molecule is COc1cccn(-c2ccc3c(c2)[C@@]2(O[C@H](CCn4cc(CCO)nn4)[C@@H]([Si](C)(C)O)[C@@H]2C)C(=O)N3Cc2ccccc2)c1=O. The van der Waals surface area contributed by atoms with Crippen LogP contribution in [-0.4, -0.2) is 63.5 Å². The van der Waals surface area contributed by atoms with Crippen LogP contribution in [0.3, 0.4) is 0 Å². The van der Waals surface area contributed by atoms with Crippen LogP contribution in [0.5, 0.6) is 5.75 Å². The molecular formula is C33H39N5O6Si. The lowest BCUT2D eigenvalue weighted by molar-refractivity contribution is -0.146. The topological polar surface area (TPSA) is 132 Å². The minimum Gasteiger partial charge on any atom is -0.491 e. The molecule has 45 heavy (non-hydrogen) atoms. The largest absolute Gasteiger partial charge is 0.491 e. The predicted octanol–water partition coefficient (Wildman–Crippen LogP) is 3.41. The Kier molecular flexibility index (Phi) is 8.25. The van der Waals surface area contributed by atoms with Crippen LogP contribution in [0.1, 0.15) is 30.2 Å². The Hall–Kier alpha value is -4.10. The van der Waals surface area contributed by atoms with Crippen LogP contribution in [0.2, 0.25) is 18.6 Å². The molecule has 2 aromatic carbocycles. The van der Waals surface area contributed by atoms with E-state index in [9.17, 15) is 19.5 Å². The van der Waals surface area contributed by atoms with Gasteiger partial charge in [-0.2, -0.15) is 0 Å². The van der Waals surface area contributed by atoms with E-state index in [1.165, 1.54) is 11.7 Å². The number of aryl methyl sites for hydroxylation is 1. The summed E-state index contributed by atoms with van der Waals surface area (Å²) in [7, 11) is -1.42. The highest BCUT2D eigenvalue weighted by Gasteiger charge is 2.66. The molecule has 0 bridgehead atoms. The molecule has 1 amide bonds. The molecule has 2 N–H and O–H groups in total. The smallest absolute Gasteiger partial charge is 0.297 e. The highest BCUT2D eigenvalue weighted by molar-refractivity contribution is 6.71. The molecule has 0 saturated carbocycles. The number of rotatable bonds is 10. The van der Waals surface area contributed by atoms with Crippen molar-refractivity contribution in [2.45, 2.75) is 63.2 Å². The minimum atomic E-state index is -2.88. The number of aliphatic hydroxyl groups is 1. The molecule has 4 aromatic rings. The highest BCUT2D eigenvalue weighted by atomic mass is 28.4. The fraction of sp³-hybridized carbons (Fsp3) is 0.394. The number of carbonyl (C=O) groups excluding carboxylic acids is 1. The number of nitrogens with zero attached hydrogens (tertiary/aromatic N) is 5. The van der Waals surface area contributed by atoms with E-state index in [0.717, 1.165) is 11.3 Å². The minimum absolute atomic E-state index is 0.0122. The maximum absolute atomic E-state index is 14.8. The number of aromatic nitrogens is 4. The van der Waals surface area contributed by atoms with Crippen molar-refractivity contribution in [2.75, 3.05) is 18.6 Å². The van der Waals surface area contributed by atoms with Gasteiger partial charge < -0.3 is 24.3 Å². The number of carbonyl (C=O) groups is 1. The first-order chi connectivity index (χ1) is 21.6. The Morgan fingerprint density at radius 3 is 2.58 bits per heavy atom. The van der Waals surface area contributed by atoms with Crippen molar-refractivity contribution in [3.05, 3.63) is 100 Å². The van der Waals surface area contributed by atoms with Crippen molar-refractivity contribution >= 4 is 19.9 Å². The summed E-state index contributed by atoms with van der Waals surface area (Å²) in [6, 6.07) is 18.7. The Balaban J connectivity index is 1.45. The molecule has 2 aliphatic heterocycles. The molecule has 6 rings (SSSR count). The highest BCUT2D eigenvalue weighted by Crippen LogP contribution is 2.60. The second-order valence-corrected chi connectivity index (χ2v) is 16.4. The summed E-state index contributed by atoms with van der Waals surface area (Å²) in [4.78, 5) is 41.4. The monoisotopic (exact) mass is 629 g/mol. The molecule has 236 valence electrons. The van der Waals surface area contributed by atoms with Gasteiger partial charge in [-0.3, -0.25) is 18.8 Å². The zero-order valence-electron chi connectivity index (χ0n) is 26.0. The van der Waals surface area contributed by atoms with Gasteiger partial charge in [0.05, 0.1) is 31.1 Å². The summed E-state index contributed by atoms with van der Waals surface area (Å²) in [5.74, 6) is -0.330. The van der Waals surface area contributed by atoms with E-state index in [1.54, 1.807) is 34.1 Å². The second-order valence-electron chi connectivity index (χ2n) is 12.4. The van der Waals surface area contributed by atoms with Gasteiger partial charge in [0, 0.05) is 54.7 Å². The molecule has 4 heterocycles. The number of amides is 1. The molecule has 0 unspecified atom stereocenters. The molecule has 2 aliphatic rings. The lowest BCUT2D eigenvalue weighted by Gasteiger charge is -2.32. The summed E-state index contributed by atoms with van der Waals surface area (Å²) in [6.07, 6.45) is 3.96. The van der Waals surface area contributed by atoms with Crippen molar-refractivity contribution in [3.63, 3.8) is 0 Å². The van der Waals surface area contributed by atoms with Crippen LogP contribution >= 0.6 is 0 Å². The lowest BCUT2D eigenvalue weighted by Crippen LogP contribution is -2.46. The van der Waals surface area contributed by atoms with Gasteiger partial charge in [0.15, 0.2) is 19.7 Å². The maximum atomic E-state index is 14.8. The first-order valence-corrected chi connectivity index (χ1v) is 18.3. The van der Waals surface area contributed by atoms with Crippen LogP contribution in [0, 0.1) is 5.92 Å². The third-order valence-corrected chi connectivity index (χ3v) is 11.7. The fourth-order valence-electron chi connectivity index (χ4n) is 7.18. The number of pyridine rings is 1. The maximum Gasteiger partial charge on any atom is 0.297 e. The zero-order chi connectivity index (χ0) is 31.9. The van der Waals surface area contributed by atoms with Gasteiger partial charge in [-0.1, -0.05) is 42.5 Å². The Morgan fingerprint density at radius 2 is 1.87 bits per heavy atom. The second kappa shape index (κ2) is 12.0. The van der Waals surface area contributed by atoms with Gasteiger partial charge in [-0.25, -0.2) is 0 Å². The van der Waals surface area contributed by atoms with E-state index in [1.807, 2.05) is 68.5 Å².